The molecule has 0 N–H and O–H groups in total. The Morgan fingerprint density at radius 3 is 2.50 bits per heavy atom. The molecule has 0 aliphatic rings. The van der Waals surface area contributed by atoms with Gasteiger partial charge in [0.25, 0.3) is 0 Å². The van der Waals surface area contributed by atoms with Gasteiger partial charge in [0.05, 0.1) is 31.5 Å². The van der Waals surface area contributed by atoms with E-state index in [0.29, 0.717) is 37.7 Å². The minimum atomic E-state index is 0.475. The first kappa shape index (κ1) is 14.5. The van der Waals surface area contributed by atoms with E-state index in [-0.39, 0.29) is 0 Å². The molecule has 0 spiro atoms. The maximum absolute atomic E-state index is 8.73. The van der Waals surface area contributed by atoms with Crippen molar-refractivity contribution in [2.75, 3.05) is 33.0 Å². The molecule has 0 saturated heterocycles. The Kier molecular flexibility index (Phi) is 7.61. The molecule has 4 heteroatoms. The summed E-state index contributed by atoms with van der Waals surface area (Å²) >= 11 is 0. The third-order valence-electron chi connectivity index (χ3n) is 2.18. The second-order valence-electron chi connectivity index (χ2n) is 3.71. The van der Waals surface area contributed by atoms with E-state index < -0.39 is 0 Å². The average Bonchev–Trinajstić information content (AvgIpc) is 2.42. The zero-order chi connectivity index (χ0) is 13.1. The van der Waals surface area contributed by atoms with Gasteiger partial charge in [0.2, 0.25) is 0 Å². The summed E-state index contributed by atoms with van der Waals surface area (Å²) < 4.78 is 16.1. The lowest BCUT2D eigenvalue weighted by atomic mass is 10.2. The van der Waals surface area contributed by atoms with Crippen LogP contribution in [-0.2, 0) is 9.47 Å². The van der Waals surface area contributed by atoms with Gasteiger partial charge in [-0.2, -0.15) is 5.26 Å². The van der Waals surface area contributed by atoms with Crippen molar-refractivity contribution in [3.63, 3.8) is 0 Å². The zero-order valence-electron chi connectivity index (χ0n) is 10.7. The van der Waals surface area contributed by atoms with E-state index in [2.05, 4.69) is 13.0 Å². The maximum Gasteiger partial charge on any atom is 0.120 e. The molecule has 0 aliphatic carbocycles. The van der Waals surface area contributed by atoms with E-state index in [1.165, 1.54) is 0 Å². The van der Waals surface area contributed by atoms with Crippen molar-refractivity contribution in [1.29, 1.82) is 5.26 Å². The summed E-state index contributed by atoms with van der Waals surface area (Å²) in [5.41, 5.74) is 0.599. The predicted molar refractivity (Wildman–Crippen MR) is 68.6 cm³/mol. The van der Waals surface area contributed by atoms with E-state index in [4.69, 9.17) is 19.5 Å². The fourth-order valence-corrected chi connectivity index (χ4v) is 1.34. The highest BCUT2D eigenvalue weighted by molar-refractivity contribution is 5.36. The smallest absolute Gasteiger partial charge is 0.120 e. The van der Waals surface area contributed by atoms with Crippen molar-refractivity contribution in [3.8, 4) is 11.8 Å². The van der Waals surface area contributed by atoms with Gasteiger partial charge < -0.3 is 14.2 Å². The summed E-state index contributed by atoms with van der Waals surface area (Å²) in [7, 11) is 0. The molecule has 0 bridgehead atoms. The molecule has 0 amide bonds. The van der Waals surface area contributed by atoms with Crippen LogP contribution < -0.4 is 4.74 Å². The second-order valence-corrected chi connectivity index (χ2v) is 3.71. The number of nitrogens with zero attached hydrogens (tertiary/aromatic N) is 1. The van der Waals surface area contributed by atoms with Crippen LogP contribution in [0.15, 0.2) is 24.3 Å². The highest BCUT2D eigenvalue weighted by Crippen LogP contribution is 2.12. The molecular weight excluding hydrogens is 230 g/mol. The summed E-state index contributed by atoms with van der Waals surface area (Å²) in [5.74, 6) is 0.694. The summed E-state index contributed by atoms with van der Waals surface area (Å²) in [6.07, 6.45) is 1.03. The molecule has 4 nitrogen and oxygen atoms in total. The number of rotatable bonds is 9. The Labute approximate surface area is 108 Å². The van der Waals surface area contributed by atoms with Crippen LogP contribution in [0, 0.1) is 11.3 Å². The van der Waals surface area contributed by atoms with E-state index in [1.54, 1.807) is 18.2 Å². The molecule has 98 valence electrons. The van der Waals surface area contributed by atoms with Crippen LogP contribution in [0.2, 0.25) is 0 Å². The SMILES string of the molecule is CCCOCCOCCOc1cccc(C#N)c1. The van der Waals surface area contributed by atoms with Crippen molar-refractivity contribution in [2.45, 2.75) is 13.3 Å². The van der Waals surface area contributed by atoms with Crippen molar-refractivity contribution in [1.82, 2.24) is 0 Å². The minimum Gasteiger partial charge on any atom is -0.491 e. The minimum absolute atomic E-state index is 0.475. The van der Waals surface area contributed by atoms with Crippen molar-refractivity contribution < 1.29 is 14.2 Å². The Morgan fingerprint density at radius 1 is 1.06 bits per heavy atom. The predicted octanol–water partition coefficient (Wildman–Crippen LogP) is 2.38. The third-order valence-corrected chi connectivity index (χ3v) is 2.18. The van der Waals surface area contributed by atoms with Gasteiger partial charge in [-0.25, -0.2) is 0 Å². The zero-order valence-corrected chi connectivity index (χ0v) is 10.7. The quantitative estimate of drug-likeness (QED) is 0.630. The molecule has 1 aromatic rings. The fourth-order valence-electron chi connectivity index (χ4n) is 1.34. The molecule has 0 saturated carbocycles. The molecule has 1 rings (SSSR count). The molecule has 1 aromatic carbocycles. The van der Waals surface area contributed by atoms with Crippen LogP contribution in [0.25, 0.3) is 0 Å². The van der Waals surface area contributed by atoms with E-state index >= 15 is 0 Å². The topological polar surface area (TPSA) is 51.5 Å². The van der Waals surface area contributed by atoms with E-state index in [1.807, 2.05) is 6.07 Å². The number of nitriles is 1. The second kappa shape index (κ2) is 9.46. The Morgan fingerprint density at radius 2 is 1.78 bits per heavy atom. The van der Waals surface area contributed by atoms with Gasteiger partial charge in [0.1, 0.15) is 12.4 Å². The monoisotopic (exact) mass is 249 g/mol. The maximum atomic E-state index is 8.73. The Hall–Kier alpha value is -1.57. The van der Waals surface area contributed by atoms with Crippen molar-refractivity contribution in [3.05, 3.63) is 29.8 Å². The molecule has 0 unspecified atom stereocenters. The highest BCUT2D eigenvalue weighted by Gasteiger charge is 1.96. The first-order valence-electron chi connectivity index (χ1n) is 6.15. The molecule has 0 aliphatic heterocycles. The van der Waals surface area contributed by atoms with Gasteiger partial charge in [-0.1, -0.05) is 13.0 Å². The Bertz CT molecular complexity index is 374. The van der Waals surface area contributed by atoms with Crippen LogP contribution in [0.1, 0.15) is 18.9 Å². The van der Waals surface area contributed by atoms with Crippen LogP contribution in [0.3, 0.4) is 0 Å². The fraction of sp³-hybridized carbons (Fsp3) is 0.500. The van der Waals surface area contributed by atoms with Gasteiger partial charge in [-0.3, -0.25) is 0 Å². The normalized spacial score (nSPS) is 10.0. The number of hydrogen-bond donors (Lipinski definition) is 0. The van der Waals surface area contributed by atoms with Gasteiger partial charge in [0, 0.05) is 6.61 Å². The molecule has 0 heterocycles. The standard InChI is InChI=1S/C14H19NO3/c1-2-6-16-7-8-17-9-10-18-14-5-3-4-13(11-14)12-15/h3-5,11H,2,6-10H2,1H3. The molecule has 0 atom stereocenters. The van der Waals surface area contributed by atoms with Crippen LogP contribution >= 0.6 is 0 Å². The lowest BCUT2D eigenvalue weighted by molar-refractivity contribution is 0.0366. The van der Waals surface area contributed by atoms with Gasteiger partial charge in [0.15, 0.2) is 0 Å². The van der Waals surface area contributed by atoms with E-state index in [9.17, 15) is 0 Å². The van der Waals surface area contributed by atoms with Crippen LogP contribution in [0.5, 0.6) is 5.75 Å². The summed E-state index contributed by atoms with van der Waals surface area (Å²) in [5, 5.41) is 8.73. The van der Waals surface area contributed by atoms with Gasteiger partial charge in [-0.05, 0) is 24.6 Å². The molecule has 0 aromatic heterocycles. The first-order chi connectivity index (χ1) is 8.86. The van der Waals surface area contributed by atoms with Gasteiger partial charge in [-0.15, -0.1) is 0 Å². The molecular formula is C14H19NO3. The number of benzene rings is 1. The van der Waals surface area contributed by atoms with Crippen molar-refractivity contribution in [2.24, 2.45) is 0 Å². The number of ether oxygens (including phenoxy) is 3. The largest absolute Gasteiger partial charge is 0.491 e. The first-order valence-corrected chi connectivity index (χ1v) is 6.15. The van der Waals surface area contributed by atoms with Crippen molar-refractivity contribution >= 4 is 0 Å². The van der Waals surface area contributed by atoms with Gasteiger partial charge >= 0.3 is 0 Å². The molecule has 18 heavy (non-hydrogen) atoms. The van der Waals surface area contributed by atoms with Crippen LogP contribution in [0.4, 0.5) is 0 Å². The summed E-state index contributed by atoms with van der Waals surface area (Å²) in [4.78, 5) is 0. The third kappa shape index (κ3) is 6.24. The number of hydrogen-bond acceptors (Lipinski definition) is 4. The highest BCUT2D eigenvalue weighted by atomic mass is 16.5. The Balaban J connectivity index is 2.05. The lowest BCUT2D eigenvalue weighted by Gasteiger charge is -2.07. The summed E-state index contributed by atoms with van der Waals surface area (Å²) in [6.45, 7) is 5.05. The lowest BCUT2D eigenvalue weighted by Crippen LogP contribution is -2.11. The summed E-state index contributed by atoms with van der Waals surface area (Å²) in [6, 6.07) is 9.15. The molecule has 0 radical (unpaired) electrons. The van der Waals surface area contributed by atoms with E-state index in [0.717, 1.165) is 13.0 Å². The average molecular weight is 249 g/mol. The van der Waals surface area contributed by atoms with Crippen LogP contribution in [-0.4, -0.2) is 33.0 Å². The molecule has 0 fully saturated rings.